The average molecular weight is 188 g/mol. The van der Waals surface area contributed by atoms with Gasteiger partial charge in [0.1, 0.15) is 0 Å². The van der Waals surface area contributed by atoms with Crippen LogP contribution in [0, 0.1) is 0 Å². The fraction of sp³-hybridized carbons (Fsp3) is 0. The molecule has 0 saturated heterocycles. The summed E-state index contributed by atoms with van der Waals surface area (Å²) in [7, 11) is 0. The maximum Gasteiger partial charge on any atom is 0.503 e. The van der Waals surface area contributed by atoms with Crippen LogP contribution in [-0.4, -0.2) is 32.7 Å². The minimum atomic E-state index is -1.83. The van der Waals surface area contributed by atoms with Crippen LogP contribution in [0.25, 0.3) is 0 Å². The fourth-order valence-electron chi connectivity index (χ4n) is 0. The van der Waals surface area contributed by atoms with Crippen LogP contribution < -0.4 is 0 Å². The quantitative estimate of drug-likeness (QED) is 0.409. The van der Waals surface area contributed by atoms with Crippen molar-refractivity contribution in [1.29, 1.82) is 0 Å². The Labute approximate surface area is 60.2 Å². The molecule has 0 fully saturated rings. The molecular formula is C2H4CuO6. The summed E-state index contributed by atoms with van der Waals surface area (Å²) >= 11 is 0. The Morgan fingerprint density at radius 2 is 0.778 bits per heavy atom. The second-order valence-corrected chi connectivity index (χ2v) is 0.565. The zero-order valence-corrected chi connectivity index (χ0v) is 4.85. The van der Waals surface area contributed by atoms with Gasteiger partial charge in [-0.3, -0.25) is 0 Å². The van der Waals surface area contributed by atoms with E-state index in [4.69, 9.17) is 30.0 Å². The zero-order chi connectivity index (χ0) is 7.15. The van der Waals surface area contributed by atoms with Gasteiger partial charge in [-0.1, -0.05) is 0 Å². The van der Waals surface area contributed by atoms with Gasteiger partial charge in [-0.05, 0) is 0 Å². The third-order valence-electron chi connectivity index (χ3n) is 0. The first-order valence-electron chi connectivity index (χ1n) is 1.30. The molecule has 0 amide bonds. The van der Waals surface area contributed by atoms with Crippen LogP contribution in [0.1, 0.15) is 0 Å². The van der Waals surface area contributed by atoms with Gasteiger partial charge >= 0.3 is 12.3 Å². The van der Waals surface area contributed by atoms with E-state index in [0.717, 1.165) is 0 Å². The van der Waals surface area contributed by atoms with Gasteiger partial charge in [0.15, 0.2) is 0 Å². The molecule has 4 N–H and O–H groups in total. The first-order chi connectivity index (χ1) is 3.46. The van der Waals surface area contributed by atoms with E-state index in [2.05, 4.69) is 0 Å². The van der Waals surface area contributed by atoms with Crippen molar-refractivity contribution >= 4 is 12.3 Å². The first kappa shape index (κ1) is 15.7. The monoisotopic (exact) mass is 187 g/mol. The minimum Gasteiger partial charge on any atom is -0.450 e. The Morgan fingerprint density at radius 1 is 0.778 bits per heavy atom. The van der Waals surface area contributed by atoms with Crippen LogP contribution in [0.2, 0.25) is 0 Å². The van der Waals surface area contributed by atoms with Gasteiger partial charge in [0.25, 0.3) is 0 Å². The number of rotatable bonds is 0. The predicted octanol–water partition coefficient (Wildman–Crippen LogP) is 0.442. The SMILES string of the molecule is O=C(O)O.O=C(O)O.[Cu]. The van der Waals surface area contributed by atoms with E-state index in [9.17, 15) is 0 Å². The number of hydrogen-bond donors (Lipinski definition) is 4. The molecule has 0 saturated carbocycles. The summed E-state index contributed by atoms with van der Waals surface area (Å²) in [5.74, 6) is 0. The molecule has 0 bridgehead atoms. The molecule has 9 heavy (non-hydrogen) atoms. The van der Waals surface area contributed by atoms with Crippen LogP contribution >= 0.6 is 0 Å². The Bertz CT molecular complexity index is 69.1. The van der Waals surface area contributed by atoms with E-state index in [1.807, 2.05) is 0 Å². The standard InChI is InChI=1S/2CH2O3.Cu/c2*2-1(3)4;/h2*(H2,2,3,4);. The van der Waals surface area contributed by atoms with Crippen LogP contribution in [0.5, 0.6) is 0 Å². The average Bonchev–Trinajstić information content (AvgIpc) is 1.25. The van der Waals surface area contributed by atoms with Crippen LogP contribution in [0.3, 0.4) is 0 Å². The van der Waals surface area contributed by atoms with Gasteiger partial charge in [0, 0.05) is 17.1 Å². The van der Waals surface area contributed by atoms with E-state index < -0.39 is 12.3 Å². The van der Waals surface area contributed by atoms with Crippen molar-refractivity contribution in [1.82, 2.24) is 0 Å². The van der Waals surface area contributed by atoms with Crippen molar-refractivity contribution in [3.8, 4) is 0 Å². The maximum absolute atomic E-state index is 8.56. The minimum absolute atomic E-state index is 0. The van der Waals surface area contributed by atoms with E-state index >= 15 is 0 Å². The van der Waals surface area contributed by atoms with Crippen molar-refractivity contribution < 1.29 is 47.1 Å². The molecule has 0 aromatic rings. The normalized spacial score (nSPS) is 5.33. The molecule has 0 aromatic heterocycles. The number of hydrogen-bond acceptors (Lipinski definition) is 2. The topological polar surface area (TPSA) is 115 Å². The van der Waals surface area contributed by atoms with Crippen LogP contribution in [0.15, 0.2) is 0 Å². The molecule has 0 spiro atoms. The molecular weight excluding hydrogens is 184 g/mol. The summed E-state index contributed by atoms with van der Waals surface area (Å²) in [6.45, 7) is 0. The second kappa shape index (κ2) is 10.1. The Hall–Kier alpha value is -0.941. The first-order valence-corrected chi connectivity index (χ1v) is 1.30. The third kappa shape index (κ3) is 204. The number of carbonyl (C=O) groups is 2. The van der Waals surface area contributed by atoms with Crippen molar-refractivity contribution in [2.24, 2.45) is 0 Å². The molecule has 59 valence electrons. The van der Waals surface area contributed by atoms with Gasteiger partial charge in [0.05, 0.1) is 0 Å². The fourth-order valence-corrected chi connectivity index (χ4v) is 0. The van der Waals surface area contributed by atoms with Gasteiger partial charge in [-0.15, -0.1) is 0 Å². The van der Waals surface area contributed by atoms with Crippen LogP contribution in [-0.2, 0) is 17.1 Å². The maximum atomic E-state index is 8.56. The van der Waals surface area contributed by atoms with Crippen molar-refractivity contribution in [2.45, 2.75) is 0 Å². The predicted molar refractivity (Wildman–Crippen MR) is 21.3 cm³/mol. The second-order valence-electron chi connectivity index (χ2n) is 0.565. The molecule has 0 heterocycles. The summed E-state index contributed by atoms with van der Waals surface area (Å²) < 4.78 is 0. The molecule has 0 aliphatic heterocycles. The Morgan fingerprint density at radius 3 is 0.778 bits per heavy atom. The molecule has 0 aromatic carbocycles. The molecule has 0 aliphatic carbocycles. The summed E-state index contributed by atoms with van der Waals surface area (Å²) in [4.78, 5) is 17.1. The van der Waals surface area contributed by atoms with Gasteiger partial charge in [0.2, 0.25) is 0 Å². The van der Waals surface area contributed by atoms with Crippen LogP contribution in [0.4, 0.5) is 9.59 Å². The molecule has 0 aliphatic rings. The van der Waals surface area contributed by atoms with E-state index in [1.165, 1.54) is 0 Å². The molecule has 6 nitrogen and oxygen atoms in total. The zero-order valence-electron chi connectivity index (χ0n) is 3.91. The van der Waals surface area contributed by atoms with E-state index in [1.54, 1.807) is 0 Å². The van der Waals surface area contributed by atoms with Gasteiger partial charge in [-0.2, -0.15) is 0 Å². The summed E-state index contributed by atoms with van der Waals surface area (Å²) in [5, 5.41) is 27.9. The van der Waals surface area contributed by atoms with Crippen molar-refractivity contribution in [3.05, 3.63) is 0 Å². The van der Waals surface area contributed by atoms with Crippen molar-refractivity contribution in [3.63, 3.8) is 0 Å². The summed E-state index contributed by atoms with van der Waals surface area (Å²) in [5.41, 5.74) is 0. The molecule has 0 atom stereocenters. The molecule has 1 radical (unpaired) electrons. The Kier molecular flexibility index (Phi) is 17.7. The van der Waals surface area contributed by atoms with E-state index in [0.29, 0.717) is 0 Å². The van der Waals surface area contributed by atoms with Crippen molar-refractivity contribution in [2.75, 3.05) is 0 Å². The molecule has 0 rings (SSSR count). The molecule has 0 unspecified atom stereocenters. The van der Waals surface area contributed by atoms with Gasteiger partial charge < -0.3 is 20.4 Å². The summed E-state index contributed by atoms with van der Waals surface area (Å²) in [6, 6.07) is 0. The summed E-state index contributed by atoms with van der Waals surface area (Å²) in [6.07, 6.45) is -3.67. The largest absolute Gasteiger partial charge is 0.503 e. The molecule has 7 heteroatoms. The smallest absolute Gasteiger partial charge is 0.450 e. The van der Waals surface area contributed by atoms with Gasteiger partial charge in [-0.25, -0.2) is 9.59 Å². The Balaban J connectivity index is -0.0000000720. The number of carboxylic acid groups (broad SMARTS) is 4. The van der Waals surface area contributed by atoms with E-state index in [-0.39, 0.29) is 17.1 Å². The third-order valence-corrected chi connectivity index (χ3v) is 0.